The molecule has 8 heteroatoms. The van der Waals surface area contributed by atoms with Gasteiger partial charge in [0.2, 0.25) is 5.95 Å². The van der Waals surface area contributed by atoms with Gasteiger partial charge < -0.3 is 4.57 Å². The Morgan fingerprint density at radius 2 is 1.90 bits per heavy atom. The van der Waals surface area contributed by atoms with Gasteiger partial charge in [0.1, 0.15) is 5.82 Å². The Hall–Kier alpha value is -2.48. The van der Waals surface area contributed by atoms with Crippen molar-refractivity contribution in [2.24, 2.45) is 7.05 Å². The van der Waals surface area contributed by atoms with Crippen molar-refractivity contribution in [3.63, 3.8) is 0 Å². The molecule has 0 bridgehead atoms. The molecule has 0 aliphatic heterocycles. The van der Waals surface area contributed by atoms with E-state index >= 15 is 0 Å². The number of anilines is 1. The molecule has 3 aromatic rings. The van der Waals surface area contributed by atoms with Gasteiger partial charge in [-0.2, -0.15) is 0 Å². The summed E-state index contributed by atoms with van der Waals surface area (Å²) in [4.78, 5) is 12.2. The number of hydrogen-bond donors (Lipinski definition) is 1. The lowest BCUT2D eigenvalue weighted by atomic mass is 10.3. The van der Waals surface area contributed by atoms with Crippen LogP contribution in [0.1, 0.15) is 5.82 Å². The molecule has 0 saturated carbocycles. The first-order valence-corrected chi connectivity index (χ1v) is 7.68. The number of aryl methyl sites for hydroxylation is 2. The number of sulfonamides is 1. The van der Waals surface area contributed by atoms with Crippen LogP contribution in [-0.4, -0.2) is 27.9 Å². The molecular formula is C13H13N5O2S. The summed E-state index contributed by atoms with van der Waals surface area (Å²) in [5.74, 6) is 0.855. The van der Waals surface area contributed by atoms with Crippen molar-refractivity contribution in [3.05, 3.63) is 42.5 Å². The minimum absolute atomic E-state index is 0.0369. The van der Waals surface area contributed by atoms with E-state index in [-0.39, 0.29) is 10.8 Å². The smallest absolute Gasteiger partial charge is 0.264 e. The van der Waals surface area contributed by atoms with Gasteiger partial charge in [0.05, 0.1) is 15.9 Å². The van der Waals surface area contributed by atoms with E-state index in [1.165, 1.54) is 24.5 Å². The molecule has 0 aliphatic carbocycles. The molecule has 0 saturated heterocycles. The minimum Gasteiger partial charge on any atom is -0.331 e. The van der Waals surface area contributed by atoms with Crippen molar-refractivity contribution in [3.8, 4) is 0 Å². The zero-order valence-electron chi connectivity index (χ0n) is 11.5. The number of imidazole rings is 1. The molecule has 7 nitrogen and oxygen atoms in total. The summed E-state index contributed by atoms with van der Waals surface area (Å²) in [6.45, 7) is 1.87. The molecular weight excluding hydrogens is 290 g/mol. The highest BCUT2D eigenvalue weighted by Crippen LogP contribution is 2.20. The molecule has 21 heavy (non-hydrogen) atoms. The Morgan fingerprint density at radius 1 is 1.19 bits per heavy atom. The summed E-state index contributed by atoms with van der Waals surface area (Å²) in [7, 11) is -1.85. The molecule has 2 heterocycles. The van der Waals surface area contributed by atoms with Crippen molar-refractivity contribution in [2.45, 2.75) is 11.8 Å². The van der Waals surface area contributed by atoms with E-state index in [0.29, 0.717) is 5.52 Å². The molecule has 0 atom stereocenters. The largest absolute Gasteiger partial charge is 0.331 e. The van der Waals surface area contributed by atoms with E-state index in [2.05, 4.69) is 19.7 Å². The van der Waals surface area contributed by atoms with Crippen LogP contribution in [0.4, 0.5) is 5.95 Å². The number of rotatable bonds is 3. The third kappa shape index (κ3) is 2.45. The number of fused-ring (bicyclic) bond motifs is 1. The lowest BCUT2D eigenvalue weighted by Crippen LogP contribution is -2.14. The van der Waals surface area contributed by atoms with Crippen molar-refractivity contribution < 1.29 is 8.42 Å². The van der Waals surface area contributed by atoms with Gasteiger partial charge in [-0.05, 0) is 31.2 Å². The second-order valence-electron chi connectivity index (χ2n) is 4.55. The van der Waals surface area contributed by atoms with Gasteiger partial charge in [0.15, 0.2) is 0 Å². The van der Waals surface area contributed by atoms with Crippen LogP contribution in [0.3, 0.4) is 0 Å². The van der Waals surface area contributed by atoms with Gasteiger partial charge >= 0.3 is 0 Å². The molecule has 108 valence electrons. The van der Waals surface area contributed by atoms with Gasteiger partial charge in [0.25, 0.3) is 10.0 Å². The lowest BCUT2D eigenvalue weighted by molar-refractivity contribution is 0.601. The van der Waals surface area contributed by atoms with E-state index in [0.717, 1.165) is 11.3 Å². The summed E-state index contributed by atoms with van der Waals surface area (Å²) in [6.07, 6.45) is 2.94. The highest BCUT2D eigenvalue weighted by molar-refractivity contribution is 7.92. The Labute approximate surface area is 121 Å². The molecule has 0 aliphatic rings. The number of benzene rings is 1. The van der Waals surface area contributed by atoms with Crippen molar-refractivity contribution in [1.82, 2.24) is 19.5 Å². The summed E-state index contributed by atoms with van der Waals surface area (Å²) < 4.78 is 28.9. The van der Waals surface area contributed by atoms with E-state index in [1.807, 2.05) is 18.5 Å². The third-order valence-corrected chi connectivity index (χ3v) is 4.50. The highest BCUT2D eigenvalue weighted by Gasteiger charge is 2.17. The van der Waals surface area contributed by atoms with E-state index in [1.54, 1.807) is 12.1 Å². The first kappa shape index (κ1) is 13.5. The topological polar surface area (TPSA) is 89.8 Å². The molecule has 0 unspecified atom stereocenters. The van der Waals surface area contributed by atoms with Gasteiger partial charge in [-0.3, -0.25) is 0 Å². The molecule has 0 fully saturated rings. The first-order valence-electron chi connectivity index (χ1n) is 6.20. The lowest BCUT2D eigenvalue weighted by Gasteiger charge is -2.06. The molecule has 2 aromatic heterocycles. The fourth-order valence-electron chi connectivity index (χ4n) is 2.00. The zero-order valence-corrected chi connectivity index (χ0v) is 12.3. The predicted octanol–water partition coefficient (Wildman–Crippen LogP) is 1.47. The maximum absolute atomic E-state index is 12.3. The Balaban J connectivity index is 2.03. The zero-order chi connectivity index (χ0) is 15.0. The van der Waals surface area contributed by atoms with E-state index in [9.17, 15) is 8.42 Å². The van der Waals surface area contributed by atoms with Crippen LogP contribution >= 0.6 is 0 Å². The quantitative estimate of drug-likeness (QED) is 0.791. The first-order chi connectivity index (χ1) is 9.97. The average molecular weight is 303 g/mol. The van der Waals surface area contributed by atoms with Gasteiger partial charge in [-0.1, -0.05) is 0 Å². The second-order valence-corrected chi connectivity index (χ2v) is 6.23. The molecule has 1 N–H and O–H groups in total. The van der Waals surface area contributed by atoms with Gasteiger partial charge in [0, 0.05) is 19.4 Å². The molecule has 0 spiro atoms. The number of hydrogen-bond acceptors (Lipinski definition) is 5. The average Bonchev–Trinajstić information content (AvgIpc) is 2.74. The number of aromatic nitrogens is 4. The Kier molecular flexibility index (Phi) is 3.09. The normalized spacial score (nSPS) is 11.7. The Bertz CT molecular complexity index is 903. The van der Waals surface area contributed by atoms with E-state index < -0.39 is 10.0 Å². The predicted molar refractivity (Wildman–Crippen MR) is 78.3 cm³/mol. The van der Waals surface area contributed by atoms with Gasteiger partial charge in [-0.15, -0.1) is 0 Å². The van der Waals surface area contributed by atoms with Crippen molar-refractivity contribution >= 4 is 27.0 Å². The van der Waals surface area contributed by atoms with Crippen LogP contribution in [0.5, 0.6) is 0 Å². The summed E-state index contributed by atoms with van der Waals surface area (Å²) >= 11 is 0. The SMILES string of the molecule is Cc1nc2cc(S(=O)(=O)Nc3ncccn3)ccc2n1C. The van der Waals surface area contributed by atoms with Crippen molar-refractivity contribution in [1.29, 1.82) is 0 Å². The monoisotopic (exact) mass is 303 g/mol. The van der Waals surface area contributed by atoms with Crippen molar-refractivity contribution in [2.75, 3.05) is 4.72 Å². The molecule has 0 radical (unpaired) electrons. The molecule has 3 rings (SSSR count). The fourth-order valence-corrected chi connectivity index (χ4v) is 2.98. The highest BCUT2D eigenvalue weighted by atomic mass is 32.2. The van der Waals surface area contributed by atoms with Gasteiger partial charge in [-0.25, -0.2) is 28.1 Å². The summed E-state index contributed by atoms with van der Waals surface area (Å²) in [5, 5.41) is 0. The van der Waals surface area contributed by atoms with Crippen LogP contribution in [0.15, 0.2) is 41.6 Å². The number of nitrogens with zero attached hydrogens (tertiary/aromatic N) is 4. The summed E-state index contributed by atoms with van der Waals surface area (Å²) in [5.41, 5.74) is 1.51. The standard InChI is InChI=1S/C13H13N5O2S/c1-9-16-11-8-10(4-5-12(11)18(9)2)21(19,20)17-13-14-6-3-7-15-13/h3-8H,1-2H3,(H,14,15,17). The van der Waals surface area contributed by atoms with Crippen LogP contribution in [0, 0.1) is 6.92 Å². The van der Waals surface area contributed by atoms with Crippen LogP contribution in [-0.2, 0) is 17.1 Å². The Morgan fingerprint density at radius 3 is 2.62 bits per heavy atom. The maximum atomic E-state index is 12.3. The minimum atomic E-state index is -3.73. The maximum Gasteiger partial charge on any atom is 0.264 e. The third-order valence-electron chi connectivity index (χ3n) is 3.18. The van der Waals surface area contributed by atoms with Crippen LogP contribution in [0.2, 0.25) is 0 Å². The van der Waals surface area contributed by atoms with E-state index in [4.69, 9.17) is 0 Å². The second kappa shape index (κ2) is 4.81. The molecule has 1 aromatic carbocycles. The molecule has 0 amide bonds. The fraction of sp³-hybridized carbons (Fsp3) is 0.154. The number of nitrogens with one attached hydrogen (secondary N) is 1. The van der Waals surface area contributed by atoms with Crippen LogP contribution < -0.4 is 4.72 Å². The van der Waals surface area contributed by atoms with Crippen LogP contribution in [0.25, 0.3) is 11.0 Å². The summed E-state index contributed by atoms with van der Waals surface area (Å²) in [6, 6.07) is 6.42.